The number of aliphatic carboxylic acids is 1. The van der Waals surface area contributed by atoms with E-state index >= 15 is 0 Å². The van der Waals surface area contributed by atoms with E-state index in [1.54, 1.807) is 26.4 Å². The number of nitrogens with one attached hydrogen (secondary N) is 1. The summed E-state index contributed by atoms with van der Waals surface area (Å²) >= 11 is 0. The van der Waals surface area contributed by atoms with Crippen LogP contribution in [-0.4, -0.2) is 26.1 Å². The second kappa shape index (κ2) is 7.85. The summed E-state index contributed by atoms with van der Waals surface area (Å²) in [5.74, 6) is -1.34. The predicted octanol–water partition coefficient (Wildman–Crippen LogP) is 0.876. The van der Waals surface area contributed by atoms with Gasteiger partial charge in [-0.3, -0.25) is 4.79 Å². The second-order valence-corrected chi connectivity index (χ2v) is 5.72. The number of carboxylic acid groups (broad SMARTS) is 1. The first-order valence-corrected chi connectivity index (χ1v) is 7.76. The molecule has 0 heterocycles. The average Bonchev–Trinajstić information content (AvgIpc) is 2.59. The van der Waals surface area contributed by atoms with E-state index in [9.17, 15) is 14.7 Å². The summed E-state index contributed by atoms with van der Waals surface area (Å²) in [7, 11) is 3.11. The quantitative estimate of drug-likeness (QED) is 0.840. The van der Waals surface area contributed by atoms with E-state index in [1.807, 2.05) is 6.07 Å². The largest absolute Gasteiger partial charge is 0.550 e. The van der Waals surface area contributed by atoms with Crippen LogP contribution < -0.4 is 19.9 Å². The number of rotatable bonds is 6. The minimum atomic E-state index is -1.13. The van der Waals surface area contributed by atoms with Crippen molar-refractivity contribution in [1.29, 1.82) is 0 Å². The van der Waals surface area contributed by atoms with Crippen molar-refractivity contribution in [2.75, 3.05) is 14.2 Å². The molecular formula is C17H22NO5-. The molecule has 0 spiro atoms. The molecule has 1 aliphatic rings. The lowest BCUT2D eigenvalue weighted by Crippen LogP contribution is -2.44. The zero-order valence-electron chi connectivity index (χ0n) is 13.5. The summed E-state index contributed by atoms with van der Waals surface area (Å²) in [6.45, 7) is 0.315. The van der Waals surface area contributed by atoms with Crippen LogP contribution in [-0.2, 0) is 16.1 Å². The van der Waals surface area contributed by atoms with Crippen LogP contribution in [0.15, 0.2) is 18.2 Å². The molecule has 2 atom stereocenters. The number of carboxylic acids is 1. The Kier molecular flexibility index (Phi) is 5.84. The van der Waals surface area contributed by atoms with Gasteiger partial charge in [-0.25, -0.2) is 0 Å². The smallest absolute Gasteiger partial charge is 0.224 e. The molecule has 0 unspecified atom stereocenters. The Balaban J connectivity index is 1.99. The molecule has 0 saturated heterocycles. The second-order valence-electron chi connectivity index (χ2n) is 5.72. The Morgan fingerprint density at radius 3 is 2.39 bits per heavy atom. The first-order chi connectivity index (χ1) is 11.1. The van der Waals surface area contributed by atoms with Gasteiger partial charge in [0.15, 0.2) is 11.5 Å². The van der Waals surface area contributed by atoms with Crippen molar-refractivity contribution >= 4 is 11.9 Å². The van der Waals surface area contributed by atoms with Crippen LogP contribution in [0.3, 0.4) is 0 Å². The highest BCUT2D eigenvalue weighted by molar-refractivity contribution is 5.84. The van der Waals surface area contributed by atoms with Crippen LogP contribution in [0.25, 0.3) is 0 Å². The first-order valence-electron chi connectivity index (χ1n) is 7.76. The number of hydrogen-bond donors (Lipinski definition) is 1. The fourth-order valence-corrected chi connectivity index (χ4v) is 3.04. The highest BCUT2D eigenvalue weighted by Crippen LogP contribution is 2.30. The molecule has 1 saturated carbocycles. The van der Waals surface area contributed by atoms with Crippen molar-refractivity contribution in [3.63, 3.8) is 0 Å². The summed E-state index contributed by atoms with van der Waals surface area (Å²) in [5.41, 5.74) is 0.858. The third-order valence-electron chi connectivity index (χ3n) is 4.32. The number of hydrogen-bond acceptors (Lipinski definition) is 5. The van der Waals surface area contributed by atoms with Gasteiger partial charge < -0.3 is 24.7 Å². The molecule has 1 fully saturated rings. The monoisotopic (exact) mass is 320 g/mol. The van der Waals surface area contributed by atoms with E-state index < -0.39 is 17.8 Å². The average molecular weight is 320 g/mol. The molecule has 6 nitrogen and oxygen atoms in total. The third-order valence-corrected chi connectivity index (χ3v) is 4.32. The summed E-state index contributed by atoms with van der Waals surface area (Å²) in [6.07, 6.45) is 2.81. The molecule has 6 heteroatoms. The fraction of sp³-hybridized carbons (Fsp3) is 0.529. The minimum absolute atomic E-state index is 0.228. The lowest BCUT2D eigenvalue weighted by molar-refractivity contribution is -0.314. The van der Waals surface area contributed by atoms with Gasteiger partial charge in [0.2, 0.25) is 5.91 Å². The van der Waals surface area contributed by atoms with Crippen LogP contribution in [0.4, 0.5) is 0 Å². The number of ether oxygens (including phenoxy) is 2. The number of methoxy groups -OCH3 is 2. The summed E-state index contributed by atoms with van der Waals surface area (Å²) in [6, 6.07) is 5.39. The topological polar surface area (TPSA) is 87.7 Å². The van der Waals surface area contributed by atoms with Gasteiger partial charge in [0, 0.05) is 24.3 Å². The van der Waals surface area contributed by atoms with Gasteiger partial charge in [-0.15, -0.1) is 0 Å². The van der Waals surface area contributed by atoms with Gasteiger partial charge in [-0.2, -0.15) is 0 Å². The summed E-state index contributed by atoms with van der Waals surface area (Å²) in [5, 5.41) is 14.0. The molecule has 0 aliphatic heterocycles. The molecular weight excluding hydrogens is 298 g/mol. The summed E-state index contributed by atoms with van der Waals surface area (Å²) < 4.78 is 10.4. The maximum absolute atomic E-state index is 12.3. The molecule has 126 valence electrons. The van der Waals surface area contributed by atoms with Crippen molar-refractivity contribution in [3.05, 3.63) is 23.8 Å². The molecule has 1 N–H and O–H groups in total. The maximum Gasteiger partial charge on any atom is 0.224 e. The Morgan fingerprint density at radius 1 is 1.13 bits per heavy atom. The first kappa shape index (κ1) is 17.1. The fourth-order valence-electron chi connectivity index (χ4n) is 3.04. The van der Waals surface area contributed by atoms with Gasteiger partial charge in [0.05, 0.1) is 14.2 Å². The number of carbonyl (C=O) groups is 2. The van der Waals surface area contributed by atoms with E-state index in [0.29, 0.717) is 30.9 Å². The predicted molar refractivity (Wildman–Crippen MR) is 81.8 cm³/mol. The van der Waals surface area contributed by atoms with Crippen molar-refractivity contribution in [3.8, 4) is 11.5 Å². The van der Waals surface area contributed by atoms with Crippen molar-refractivity contribution < 1.29 is 24.2 Å². The molecule has 2 rings (SSSR count). The molecule has 1 aromatic rings. The lowest BCUT2D eigenvalue weighted by atomic mass is 9.78. The molecule has 0 radical (unpaired) electrons. The SMILES string of the molecule is COc1ccc(CNC(=O)[C@@H]2CCCC[C@@H]2C(=O)[O-])cc1OC. The summed E-state index contributed by atoms with van der Waals surface area (Å²) in [4.78, 5) is 23.5. The molecule has 23 heavy (non-hydrogen) atoms. The van der Waals surface area contributed by atoms with Gasteiger partial charge in [0.1, 0.15) is 0 Å². The third kappa shape index (κ3) is 4.15. The van der Waals surface area contributed by atoms with Gasteiger partial charge in [-0.1, -0.05) is 18.9 Å². The van der Waals surface area contributed by atoms with Crippen molar-refractivity contribution in [1.82, 2.24) is 5.32 Å². The minimum Gasteiger partial charge on any atom is -0.550 e. The van der Waals surface area contributed by atoms with E-state index in [4.69, 9.17) is 9.47 Å². The van der Waals surface area contributed by atoms with Gasteiger partial charge in [0.25, 0.3) is 0 Å². The van der Waals surface area contributed by atoms with Crippen molar-refractivity contribution in [2.24, 2.45) is 11.8 Å². The van der Waals surface area contributed by atoms with E-state index in [1.165, 1.54) is 0 Å². The molecule has 1 aromatic carbocycles. The Bertz CT molecular complexity index is 572. The highest BCUT2D eigenvalue weighted by atomic mass is 16.5. The van der Waals surface area contributed by atoms with E-state index in [0.717, 1.165) is 18.4 Å². The van der Waals surface area contributed by atoms with Gasteiger partial charge >= 0.3 is 0 Å². The van der Waals surface area contributed by atoms with Crippen LogP contribution >= 0.6 is 0 Å². The molecule has 0 aromatic heterocycles. The van der Waals surface area contributed by atoms with Crippen molar-refractivity contribution in [2.45, 2.75) is 32.2 Å². The zero-order chi connectivity index (χ0) is 16.8. The van der Waals surface area contributed by atoms with Crippen LogP contribution in [0, 0.1) is 11.8 Å². The van der Waals surface area contributed by atoms with Crippen LogP contribution in [0.1, 0.15) is 31.2 Å². The normalized spacial score (nSPS) is 20.6. The van der Waals surface area contributed by atoms with Crippen LogP contribution in [0.5, 0.6) is 11.5 Å². The molecule has 1 aliphatic carbocycles. The highest BCUT2D eigenvalue weighted by Gasteiger charge is 2.31. The van der Waals surface area contributed by atoms with Crippen LogP contribution in [0.2, 0.25) is 0 Å². The Morgan fingerprint density at radius 2 is 1.78 bits per heavy atom. The number of amides is 1. The number of carbonyl (C=O) groups excluding carboxylic acids is 2. The maximum atomic E-state index is 12.3. The molecule has 1 amide bonds. The van der Waals surface area contributed by atoms with Gasteiger partial charge in [-0.05, 0) is 30.5 Å². The van der Waals surface area contributed by atoms with E-state index in [2.05, 4.69) is 5.32 Å². The zero-order valence-corrected chi connectivity index (χ0v) is 13.5. The lowest BCUT2D eigenvalue weighted by Gasteiger charge is -2.31. The standard InChI is InChI=1S/C17H23NO5/c1-22-14-8-7-11(9-15(14)23-2)10-18-16(19)12-5-3-4-6-13(12)17(20)21/h7-9,12-13H,3-6,10H2,1-2H3,(H,18,19)(H,20,21)/p-1/t12-,13+/m1/s1. The Hall–Kier alpha value is -2.24. The molecule has 0 bridgehead atoms. The van der Waals surface area contributed by atoms with E-state index in [-0.39, 0.29) is 5.91 Å². The Labute approximate surface area is 135 Å². The number of benzene rings is 1.